The van der Waals surface area contributed by atoms with Crippen LogP contribution in [0.15, 0.2) is 80.4 Å². The smallest absolute Gasteiger partial charge is 0.285 e. The van der Waals surface area contributed by atoms with Crippen LogP contribution < -0.4 is 9.47 Å². The zero-order valence-corrected chi connectivity index (χ0v) is 17.9. The SMILES string of the molecule is COc1cccc(OCC(=O)N=C2N=C3C=CC(I)=CN3Cc3ccccc32)c1. The van der Waals surface area contributed by atoms with Gasteiger partial charge in [0.1, 0.15) is 17.3 Å². The van der Waals surface area contributed by atoms with Crippen molar-refractivity contribution in [3.63, 3.8) is 0 Å². The number of hydrogen-bond donors (Lipinski definition) is 0. The fourth-order valence-electron chi connectivity index (χ4n) is 3.04. The summed E-state index contributed by atoms with van der Waals surface area (Å²) in [5.41, 5.74) is 1.91. The second kappa shape index (κ2) is 8.60. The lowest BCUT2D eigenvalue weighted by atomic mass is 10.1. The van der Waals surface area contributed by atoms with Gasteiger partial charge >= 0.3 is 0 Å². The molecule has 0 N–H and O–H groups in total. The van der Waals surface area contributed by atoms with Crippen molar-refractivity contribution in [2.24, 2.45) is 9.98 Å². The van der Waals surface area contributed by atoms with Gasteiger partial charge in [-0.1, -0.05) is 30.3 Å². The van der Waals surface area contributed by atoms with Crippen LogP contribution in [0, 0.1) is 0 Å². The van der Waals surface area contributed by atoms with Crippen molar-refractivity contribution in [1.82, 2.24) is 4.90 Å². The Bertz CT molecular complexity index is 1070. The van der Waals surface area contributed by atoms with Crippen LogP contribution in [0.5, 0.6) is 11.5 Å². The fraction of sp³-hybridized carbons (Fsp3) is 0.136. The third kappa shape index (κ3) is 4.56. The number of allylic oxidation sites excluding steroid dienone is 2. The first kappa shape index (κ1) is 19.4. The molecule has 2 aliphatic heterocycles. The number of halogens is 1. The maximum absolute atomic E-state index is 12.5. The molecule has 0 radical (unpaired) electrons. The zero-order valence-electron chi connectivity index (χ0n) is 15.7. The van der Waals surface area contributed by atoms with E-state index in [1.807, 2.05) is 48.7 Å². The summed E-state index contributed by atoms with van der Waals surface area (Å²) in [6.07, 6.45) is 5.95. The Morgan fingerprint density at radius 1 is 1.17 bits per heavy atom. The van der Waals surface area contributed by atoms with Crippen molar-refractivity contribution in [3.8, 4) is 11.5 Å². The molecule has 0 atom stereocenters. The average Bonchev–Trinajstić information content (AvgIpc) is 2.88. The van der Waals surface area contributed by atoms with Gasteiger partial charge in [-0.2, -0.15) is 4.99 Å². The monoisotopic (exact) mass is 499 g/mol. The van der Waals surface area contributed by atoms with Crippen LogP contribution in [0.2, 0.25) is 0 Å². The maximum Gasteiger partial charge on any atom is 0.285 e. The predicted octanol–water partition coefficient (Wildman–Crippen LogP) is 4.11. The summed E-state index contributed by atoms with van der Waals surface area (Å²) in [6, 6.07) is 15.0. The van der Waals surface area contributed by atoms with E-state index < -0.39 is 5.91 Å². The van der Waals surface area contributed by atoms with E-state index in [0.717, 1.165) is 20.5 Å². The molecule has 0 aliphatic carbocycles. The van der Waals surface area contributed by atoms with E-state index in [4.69, 9.17) is 9.47 Å². The van der Waals surface area contributed by atoms with E-state index in [0.29, 0.717) is 23.9 Å². The number of ether oxygens (including phenoxy) is 2. The molecule has 146 valence electrons. The molecular weight excluding hydrogens is 481 g/mol. The highest BCUT2D eigenvalue weighted by Crippen LogP contribution is 2.24. The largest absolute Gasteiger partial charge is 0.497 e. The lowest BCUT2D eigenvalue weighted by Crippen LogP contribution is -2.25. The van der Waals surface area contributed by atoms with Crippen LogP contribution in [0.3, 0.4) is 0 Å². The van der Waals surface area contributed by atoms with Gasteiger partial charge in [0.05, 0.1) is 7.11 Å². The third-order valence-corrected chi connectivity index (χ3v) is 5.06. The first-order valence-corrected chi connectivity index (χ1v) is 10.1. The number of hydrogen-bond acceptors (Lipinski definition) is 4. The number of rotatable bonds is 4. The van der Waals surface area contributed by atoms with Gasteiger partial charge in [0.25, 0.3) is 5.91 Å². The molecule has 0 saturated carbocycles. The van der Waals surface area contributed by atoms with Gasteiger partial charge in [0.15, 0.2) is 12.4 Å². The van der Waals surface area contributed by atoms with Crippen molar-refractivity contribution in [2.75, 3.05) is 13.7 Å². The van der Waals surface area contributed by atoms with Crippen LogP contribution in [-0.4, -0.2) is 36.2 Å². The molecule has 0 saturated heterocycles. The summed E-state index contributed by atoms with van der Waals surface area (Å²) in [6.45, 7) is 0.487. The maximum atomic E-state index is 12.5. The number of carbonyl (C=O) groups excluding carboxylic acids is 1. The van der Waals surface area contributed by atoms with Gasteiger partial charge in [-0.15, -0.1) is 0 Å². The quantitative estimate of drug-likeness (QED) is 0.595. The van der Waals surface area contributed by atoms with Gasteiger partial charge in [-0.25, -0.2) is 4.99 Å². The van der Waals surface area contributed by atoms with E-state index in [9.17, 15) is 4.79 Å². The van der Waals surface area contributed by atoms with Crippen molar-refractivity contribution in [2.45, 2.75) is 6.54 Å². The fourth-order valence-corrected chi connectivity index (χ4v) is 3.55. The number of fused-ring (bicyclic) bond motifs is 2. The van der Waals surface area contributed by atoms with Gasteiger partial charge in [0, 0.05) is 28.0 Å². The molecule has 1 amide bonds. The number of amides is 1. The van der Waals surface area contributed by atoms with E-state index in [-0.39, 0.29) is 6.61 Å². The molecular formula is C22H18IN3O3. The number of methoxy groups -OCH3 is 1. The van der Waals surface area contributed by atoms with E-state index in [2.05, 4.69) is 37.5 Å². The molecule has 2 heterocycles. The molecule has 7 heteroatoms. The normalized spacial score (nSPS) is 16.3. The Morgan fingerprint density at radius 3 is 2.86 bits per heavy atom. The Hall–Kier alpha value is -2.94. The van der Waals surface area contributed by atoms with E-state index in [1.165, 1.54) is 0 Å². The van der Waals surface area contributed by atoms with Crippen molar-refractivity contribution in [3.05, 3.63) is 81.6 Å². The third-order valence-electron chi connectivity index (χ3n) is 4.42. The van der Waals surface area contributed by atoms with Gasteiger partial charge in [-0.3, -0.25) is 4.79 Å². The first-order chi connectivity index (χ1) is 14.1. The molecule has 0 unspecified atom stereocenters. The number of aliphatic imine (C=N–C) groups is 2. The Kier molecular flexibility index (Phi) is 5.75. The van der Waals surface area contributed by atoms with Gasteiger partial charge in [0.2, 0.25) is 0 Å². The summed E-state index contributed by atoms with van der Waals surface area (Å²) in [5, 5.41) is 0. The molecule has 2 aromatic rings. The summed E-state index contributed by atoms with van der Waals surface area (Å²) < 4.78 is 11.9. The molecule has 0 spiro atoms. The minimum absolute atomic E-state index is 0.180. The zero-order chi connectivity index (χ0) is 20.2. The topological polar surface area (TPSA) is 63.5 Å². The van der Waals surface area contributed by atoms with Crippen molar-refractivity contribution >= 4 is 40.2 Å². The Labute approximate surface area is 182 Å². The number of nitrogens with zero attached hydrogens (tertiary/aromatic N) is 3. The van der Waals surface area contributed by atoms with Crippen molar-refractivity contribution < 1.29 is 14.3 Å². The van der Waals surface area contributed by atoms with Crippen LogP contribution in [-0.2, 0) is 11.3 Å². The minimum atomic E-state index is -0.402. The average molecular weight is 499 g/mol. The molecule has 29 heavy (non-hydrogen) atoms. The lowest BCUT2D eigenvalue weighted by Gasteiger charge is -2.21. The molecule has 0 bridgehead atoms. The summed E-state index contributed by atoms with van der Waals surface area (Å²) in [7, 11) is 1.58. The summed E-state index contributed by atoms with van der Waals surface area (Å²) in [5.74, 6) is 1.96. The van der Waals surface area contributed by atoms with Crippen molar-refractivity contribution in [1.29, 1.82) is 0 Å². The standard InChI is InChI=1S/C22H18IN3O3/c1-28-17-6-4-7-18(11-17)29-14-21(27)25-22-19-8-3-2-5-15(19)12-26-13-16(23)9-10-20(26)24-22/h2-11,13H,12,14H2,1H3. The van der Waals surface area contributed by atoms with Crippen LogP contribution >= 0.6 is 22.6 Å². The second-order valence-corrected chi connectivity index (χ2v) is 7.64. The first-order valence-electron chi connectivity index (χ1n) is 9.00. The van der Waals surface area contributed by atoms with Gasteiger partial charge < -0.3 is 14.4 Å². The molecule has 0 fully saturated rings. The number of amidine groups is 2. The second-order valence-electron chi connectivity index (χ2n) is 6.40. The highest BCUT2D eigenvalue weighted by molar-refractivity contribution is 14.1. The minimum Gasteiger partial charge on any atom is -0.497 e. The molecule has 0 aromatic heterocycles. The molecule has 6 nitrogen and oxygen atoms in total. The van der Waals surface area contributed by atoms with Crippen LogP contribution in [0.4, 0.5) is 0 Å². The van der Waals surface area contributed by atoms with Gasteiger partial charge in [-0.05, 0) is 52.4 Å². The molecule has 2 aliphatic rings. The predicted molar refractivity (Wildman–Crippen MR) is 121 cm³/mol. The summed E-state index contributed by atoms with van der Waals surface area (Å²) in [4.78, 5) is 23.5. The van der Waals surface area contributed by atoms with Crippen LogP contribution in [0.1, 0.15) is 11.1 Å². The molecule has 4 rings (SSSR count). The highest BCUT2D eigenvalue weighted by atomic mass is 127. The lowest BCUT2D eigenvalue weighted by molar-refractivity contribution is -0.119. The number of carbonyl (C=O) groups is 1. The van der Waals surface area contributed by atoms with E-state index in [1.54, 1.807) is 25.3 Å². The van der Waals surface area contributed by atoms with Crippen LogP contribution in [0.25, 0.3) is 0 Å². The number of benzene rings is 2. The Balaban J connectivity index is 1.59. The summed E-state index contributed by atoms with van der Waals surface area (Å²) >= 11 is 2.27. The van der Waals surface area contributed by atoms with E-state index >= 15 is 0 Å². The highest BCUT2D eigenvalue weighted by Gasteiger charge is 2.21. The Morgan fingerprint density at radius 2 is 2.00 bits per heavy atom. The molecule has 2 aromatic carbocycles.